The van der Waals surface area contributed by atoms with Crippen LogP contribution in [0.15, 0.2) is 29.1 Å². The highest BCUT2D eigenvalue weighted by Gasteiger charge is 2.32. The molecule has 1 aromatic carbocycles. The predicted octanol–water partition coefficient (Wildman–Crippen LogP) is 2.33. The lowest BCUT2D eigenvalue weighted by atomic mass is 10.1. The summed E-state index contributed by atoms with van der Waals surface area (Å²) in [6, 6.07) is 4.17. The fourth-order valence-corrected chi connectivity index (χ4v) is 1.64. The molecule has 7 heteroatoms. The van der Waals surface area contributed by atoms with Gasteiger partial charge in [0.05, 0.1) is 12.7 Å². The number of ether oxygens (including phenoxy) is 1. The molecule has 0 saturated carbocycles. The van der Waals surface area contributed by atoms with Crippen molar-refractivity contribution >= 4 is 16.9 Å². The molecule has 0 radical (unpaired) electrons. The number of hydrogen-bond donors (Lipinski definition) is 1. The molecule has 19 heavy (non-hydrogen) atoms. The smallest absolute Gasteiger partial charge is 0.431 e. The van der Waals surface area contributed by atoms with Crippen LogP contribution in [0.2, 0.25) is 0 Å². The Bertz CT molecular complexity index is 703. The predicted molar refractivity (Wildman–Crippen MR) is 60.9 cm³/mol. The normalized spacial score (nSPS) is 11.6. The quantitative estimate of drug-likeness (QED) is 0.810. The summed E-state index contributed by atoms with van der Waals surface area (Å²) in [5.74, 6) is -0.666. The Morgan fingerprint density at radius 3 is 2.53 bits per heavy atom. The van der Waals surface area contributed by atoms with Crippen LogP contribution < -0.4 is 5.43 Å². The third kappa shape index (κ3) is 2.44. The van der Waals surface area contributed by atoms with E-state index < -0.39 is 23.3 Å². The summed E-state index contributed by atoms with van der Waals surface area (Å²) in [6.45, 7) is 0. The maximum Gasteiger partial charge on any atom is 0.431 e. The number of fused-ring (bicyclic) bond motifs is 1. The Balaban J connectivity index is 2.67. The van der Waals surface area contributed by atoms with Crippen LogP contribution in [0.1, 0.15) is 16.1 Å². The summed E-state index contributed by atoms with van der Waals surface area (Å²) in [5.41, 5.74) is -1.84. The van der Waals surface area contributed by atoms with Gasteiger partial charge in [-0.05, 0) is 18.2 Å². The van der Waals surface area contributed by atoms with Crippen LogP contribution in [0.4, 0.5) is 13.2 Å². The summed E-state index contributed by atoms with van der Waals surface area (Å²) in [6.07, 6.45) is -4.63. The lowest BCUT2D eigenvalue weighted by Crippen LogP contribution is -2.14. The average molecular weight is 271 g/mol. The van der Waals surface area contributed by atoms with Crippen molar-refractivity contribution in [3.63, 3.8) is 0 Å². The van der Waals surface area contributed by atoms with Crippen LogP contribution in [0.5, 0.6) is 0 Å². The SMILES string of the molecule is COC(=O)c1ccc2[nH]c(C(F)(F)F)cc(=O)c2c1. The molecule has 0 saturated heterocycles. The van der Waals surface area contributed by atoms with E-state index in [0.717, 1.165) is 0 Å². The van der Waals surface area contributed by atoms with E-state index in [1.54, 1.807) is 0 Å². The fourth-order valence-electron chi connectivity index (χ4n) is 1.64. The van der Waals surface area contributed by atoms with Gasteiger partial charge in [0, 0.05) is 17.0 Å². The highest BCUT2D eigenvalue weighted by Crippen LogP contribution is 2.27. The molecule has 0 aliphatic carbocycles. The standard InChI is InChI=1S/C12H8F3NO3/c1-19-11(18)6-2-3-8-7(4-6)9(17)5-10(16-8)12(13,14)15/h2-5H,1H3,(H,16,17). The van der Waals surface area contributed by atoms with E-state index in [-0.39, 0.29) is 16.5 Å². The number of nitrogens with one attached hydrogen (secondary N) is 1. The molecule has 0 aliphatic heterocycles. The lowest BCUT2D eigenvalue weighted by molar-refractivity contribution is -0.141. The molecule has 0 unspecified atom stereocenters. The van der Waals surface area contributed by atoms with E-state index in [1.165, 1.54) is 25.3 Å². The number of benzene rings is 1. The van der Waals surface area contributed by atoms with Crippen LogP contribution in [0, 0.1) is 0 Å². The van der Waals surface area contributed by atoms with Gasteiger partial charge in [0.15, 0.2) is 5.43 Å². The van der Waals surface area contributed by atoms with E-state index in [1.807, 2.05) is 0 Å². The van der Waals surface area contributed by atoms with Crippen LogP contribution in [0.25, 0.3) is 10.9 Å². The highest BCUT2D eigenvalue weighted by molar-refractivity contribution is 5.94. The van der Waals surface area contributed by atoms with Crippen molar-refractivity contribution in [1.29, 1.82) is 0 Å². The minimum atomic E-state index is -4.63. The van der Waals surface area contributed by atoms with Crippen molar-refractivity contribution in [2.75, 3.05) is 7.11 Å². The maximum absolute atomic E-state index is 12.5. The van der Waals surface area contributed by atoms with Gasteiger partial charge in [0.25, 0.3) is 0 Å². The number of H-pyrrole nitrogens is 1. The Morgan fingerprint density at radius 1 is 1.26 bits per heavy atom. The summed E-state index contributed by atoms with van der Waals surface area (Å²) in [4.78, 5) is 25.0. The van der Waals surface area contributed by atoms with Crippen LogP contribution in [-0.4, -0.2) is 18.1 Å². The van der Waals surface area contributed by atoms with Gasteiger partial charge in [-0.3, -0.25) is 4.79 Å². The molecule has 1 aromatic heterocycles. The third-order valence-corrected chi connectivity index (χ3v) is 2.56. The zero-order chi connectivity index (χ0) is 14.2. The van der Waals surface area contributed by atoms with Crippen LogP contribution in [0.3, 0.4) is 0 Å². The summed E-state index contributed by atoms with van der Waals surface area (Å²) < 4.78 is 42.0. The third-order valence-electron chi connectivity index (χ3n) is 2.56. The van der Waals surface area contributed by atoms with E-state index in [9.17, 15) is 22.8 Å². The van der Waals surface area contributed by atoms with Crippen molar-refractivity contribution in [2.24, 2.45) is 0 Å². The second kappa shape index (κ2) is 4.42. The minimum absolute atomic E-state index is 0.00380. The van der Waals surface area contributed by atoms with Gasteiger partial charge in [-0.2, -0.15) is 13.2 Å². The molecular weight excluding hydrogens is 263 g/mol. The number of carbonyl (C=O) groups excluding carboxylic acids is 1. The van der Waals surface area contributed by atoms with Gasteiger partial charge in [-0.25, -0.2) is 4.79 Å². The van der Waals surface area contributed by atoms with Gasteiger partial charge in [0.2, 0.25) is 0 Å². The van der Waals surface area contributed by atoms with Crippen molar-refractivity contribution in [2.45, 2.75) is 6.18 Å². The molecule has 0 aliphatic rings. The Morgan fingerprint density at radius 2 is 1.95 bits per heavy atom. The van der Waals surface area contributed by atoms with Crippen molar-refractivity contribution in [3.8, 4) is 0 Å². The second-order valence-electron chi connectivity index (χ2n) is 3.80. The first-order valence-corrected chi connectivity index (χ1v) is 5.15. The number of pyridine rings is 1. The number of rotatable bonds is 1. The van der Waals surface area contributed by atoms with Gasteiger partial charge in [-0.15, -0.1) is 0 Å². The van der Waals surface area contributed by atoms with Gasteiger partial charge in [0.1, 0.15) is 5.69 Å². The average Bonchev–Trinajstić information content (AvgIpc) is 2.36. The molecule has 1 heterocycles. The number of carbonyl (C=O) groups is 1. The van der Waals surface area contributed by atoms with Gasteiger partial charge >= 0.3 is 12.1 Å². The van der Waals surface area contributed by atoms with Gasteiger partial charge < -0.3 is 9.72 Å². The zero-order valence-electron chi connectivity index (χ0n) is 9.67. The molecule has 0 amide bonds. The molecule has 0 bridgehead atoms. The number of esters is 1. The first kappa shape index (κ1) is 13.1. The fraction of sp³-hybridized carbons (Fsp3) is 0.167. The van der Waals surface area contributed by atoms with Gasteiger partial charge in [-0.1, -0.05) is 0 Å². The van der Waals surface area contributed by atoms with E-state index in [0.29, 0.717) is 6.07 Å². The van der Waals surface area contributed by atoms with Crippen molar-refractivity contribution in [3.05, 3.63) is 45.7 Å². The number of aromatic nitrogens is 1. The zero-order valence-corrected chi connectivity index (χ0v) is 9.67. The Kier molecular flexibility index (Phi) is 3.05. The molecule has 0 fully saturated rings. The lowest BCUT2D eigenvalue weighted by Gasteiger charge is -2.08. The largest absolute Gasteiger partial charge is 0.465 e. The number of halogens is 3. The molecule has 100 valence electrons. The van der Waals surface area contributed by atoms with Crippen molar-refractivity contribution < 1.29 is 22.7 Å². The highest BCUT2D eigenvalue weighted by atomic mass is 19.4. The Labute approximate surface area is 104 Å². The van der Waals surface area contributed by atoms with Crippen molar-refractivity contribution in [1.82, 2.24) is 4.98 Å². The summed E-state index contributed by atoms with van der Waals surface area (Å²) in [5, 5.41) is -0.00380. The molecule has 2 rings (SSSR count). The molecule has 0 atom stereocenters. The first-order chi connectivity index (χ1) is 8.82. The number of alkyl halides is 3. The summed E-state index contributed by atoms with van der Waals surface area (Å²) in [7, 11) is 1.17. The number of aromatic amines is 1. The molecular formula is C12H8F3NO3. The Hall–Kier alpha value is -2.31. The van der Waals surface area contributed by atoms with E-state index >= 15 is 0 Å². The summed E-state index contributed by atoms with van der Waals surface area (Å²) >= 11 is 0. The topological polar surface area (TPSA) is 59.2 Å². The first-order valence-electron chi connectivity index (χ1n) is 5.15. The maximum atomic E-state index is 12.5. The second-order valence-corrected chi connectivity index (χ2v) is 3.80. The minimum Gasteiger partial charge on any atom is -0.465 e. The van der Waals surface area contributed by atoms with E-state index in [2.05, 4.69) is 9.72 Å². The number of methoxy groups -OCH3 is 1. The molecule has 2 aromatic rings. The molecule has 0 spiro atoms. The van der Waals surface area contributed by atoms with Crippen LogP contribution in [-0.2, 0) is 10.9 Å². The molecule has 4 nitrogen and oxygen atoms in total. The molecule has 1 N–H and O–H groups in total. The number of hydrogen-bond acceptors (Lipinski definition) is 3. The van der Waals surface area contributed by atoms with Crippen LogP contribution >= 0.6 is 0 Å². The monoisotopic (exact) mass is 271 g/mol. The van der Waals surface area contributed by atoms with E-state index in [4.69, 9.17) is 0 Å².